The second kappa shape index (κ2) is 13.0. The van der Waals surface area contributed by atoms with Gasteiger partial charge in [0.1, 0.15) is 23.4 Å². The van der Waals surface area contributed by atoms with Gasteiger partial charge >= 0.3 is 12.1 Å². The molecule has 16 heteroatoms. The molecule has 0 spiro atoms. The van der Waals surface area contributed by atoms with E-state index in [4.69, 9.17) is 24.4 Å². The summed E-state index contributed by atoms with van der Waals surface area (Å²) in [4.78, 5) is 20.1. The summed E-state index contributed by atoms with van der Waals surface area (Å²) in [6.45, 7) is 6.68. The van der Waals surface area contributed by atoms with Crippen molar-refractivity contribution >= 4 is 28.6 Å². The number of piperidine rings is 1. The fourth-order valence-corrected chi connectivity index (χ4v) is 4.26. The Kier molecular flexibility index (Phi) is 10.1. The fraction of sp³-hybridized carbons (Fsp3) is 0.538. The summed E-state index contributed by atoms with van der Waals surface area (Å²) in [7, 11) is 3.18. The second-order valence-electron chi connectivity index (χ2n) is 10.5. The van der Waals surface area contributed by atoms with Crippen LogP contribution in [0, 0.1) is 0 Å². The zero-order valence-electron chi connectivity index (χ0n) is 23.5. The van der Waals surface area contributed by atoms with Crippen LogP contribution in [0.25, 0.3) is 10.9 Å². The van der Waals surface area contributed by atoms with Gasteiger partial charge in [-0.1, -0.05) is 0 Å². The van der Waals surface area contributed by atoms with Crippen LogP contribution in [-0.2, 0) is 23.1 Å². The van der Waals surface area contributed by atoms with Crippen molar-refractivity contribution in [3.05, 3.63) is 35.7 Å². The number of aryl methyl sites for hydroxylation is 1. The number of halogens is 6. The van der Waals surface area contributed by atoms with Crippen LogP contribution >= 0.6 is 0 Å². The Bertz CT molecular complexity index is 1380. The third-order valence-electron chi connectivity index (χ3n) is 5.95. The van der Waals surface area contributed by atoms with E-state index < -0.39 is 30.3 Å². The van der Waals surface area contributed by atoms with Gasteiger partial charge in [0, 0.05) is 25.4 Å². The van der Waals surface area contributed by atoms with Gasteiger partial charge in [0.15, 0.2) is 0 Å². The van der Waals surface area contributed by atoms with E-state index >= 15 is 0 Å². The number of aliphatic carboxylic acids is 1. The molecule has 1 aliphatic heterocycles. The highest BCUT2D eigenvalue weighted by molar-refractivity contribution is 5.91. The van der Waals surface area contributed by atoms with Crippen molar-refractivity contribution in [2.75, 3.05) is 30.4 Å². The summed E-state index contributed by atoms with van der Waals surface area (Å²) in [6.07, 6.45) is -8.79. The van der Waals surface area contributed by atoms with Crippen LogP contribution in [-0.4, -0.2) is 75.1 Å². The Hall–Kier alpha value is -3.82. The zero-order valence-corrected chi connectivity index (χ0v) is 23.5. The first kappa shape index (κ1) is 32.7. The molecule has 232 valence electrons. The van der Waals surface area contributed by atoms with Crippen LogP contribution in [0.3, 0.4) is 0 Å². The number of hydrogen-bond donors (Lipinski definition) is 2. The van der Waals surface area contributed by atoms with Crippen molar-refractivity contribution in [1.82, 2.24) is 19.7 Å². The van der Waals surface area contributed by atoms with E-state index in [9.17, 15) is 26.3 Å². The van der Waals surface area contributed by atoms with Gasteiger partial charge in [-0.25, -0.2) is 22.9 Å². The predicted molar refractivity (Wildman–Crippen MR) is 142 cm³/mol. The molecule has 1 saturated heterocycles. The second-order valence-corrected chi connectivity index (χ2v) is 10.5. The molecule has 0 saturated carbocycles. The summed E-state index contributed by atoms with van der Waals surface area (Å²) < 4.78 is 85.4. The van der Waals surface area contributed by atoms with Crippen LogP contribution in [0.15, 0.2) is 24.3 Å². The summed E-state index contributed by atoms with van der Waals surface area (Å²) in [5, 5.41) is 14.8. The van der Waals surface area contributed by atoms with Gasteiger partial charge in [0.05, 0.1) is 43.1 Å². The fourth-order valence-electron chi connectivity index (χ4n) is 4.26. The Balaban J connectivity index is 0.000000616. The Morgan fingerprint density at radius 3 is 2.38 bits per heavy atom. The van der Waals surface area contributed by atoms with Gasteiger partial charge in [-0.3, -0.25) is 4.68 Å². The third-order valence-corrected chi connectivity index (χ3v) is 5.95. The average Bonchev–Trinajstić information content (AvgIpc) is 3.25. The minimum atomic E-state index is -5.08. The molecule has 0 amide bonds. The summed E-state index contributed by atoms with van der Waals surface area (Å²) in [6, 6.07) is 6.77. The number of carboxylic acids is 1. The van der Waals surface area contributed by atoms with Crippen molar-refractivity contribution in [2.24, 2.45) is 7.05 Å². The number of carboxylic acid groups (broad SMARTS) is 1. The van der Waals surface area contributed by atoms with Crippen LogP contribution in [0.5, 0.6) is 5.75 Å². The summed E-state index contributed by atoms with van der Waals surface area (Å²) in [5.41, 5.74) is 0.507. The number of alkyl halides is 6. The van der Waals surface area contributed by atoms with Crippen molar-refractivity contribution in [3.8, 4) is 5.75 Å². The first-order valence-corrected chi connectivity index (χ1v) is 12.7. The molecular weight excluding hydrogens is 574 g/mol. The monoisotopic (exact) mass is 606 g/mol. The van der Waals surface area contributed by atoms with Crippen molar-refractivity contribution < 1.29 is 45.7 Å². The molecule has 2 aromatic heterocycles. The molecule has 3 heterocycles. The number of hydrogen-bond acceptors (Lipinski definition) is 8. The van der Waals surface area contributed by atoms with Crippen LogP contribution in [0.2, 0.25) is 0 Å². The molecular formula is C26H32F6N6O4. The lowest BCUT2D eigenvalue weighted by molar-refractivity contribution is -0.192. The number of fused-ring (bicyclic) bond motifs is 1. The van der Waals surface area contributed by atoms with Crippen molar-refractivity contribution in [1.29, 1.82) is 0 Å². The van der Waals surface area contributed by atoms with E-state index in [2.05, 4.69) is 15.4 Å². The maximum atomic E-state index is 14.8. The van der Waals surface area contributed by atoms with E-state index in [-0.39, 0.29) is 24.9 Å². The topological polar surface area (TPSA) is 115 Å². The number of ether oxygens (including phenoxy) is 2. The first-order valence-electron chi connectivity index (χ1n) is 12.7. The van der Waals surface area contributed by atoms with Gasteiger partial charge in [0.2, 0.25) is 5.95 Å². The molecule has 0 aliphatic carbocycles. The molecule has 0 unspecified atom stereocenters. The molecule has 2 N–H and O–H groups in total. The molecule has 0 radical (unpaired) electrons. The number of nitrogens with zero attached hydrogens (tertiary/aromatic N) is 5. The van der Waals surface area contributed by atoms with E-state index in [0.29, 0.717) is 41.7 Å². The number of nitrogens with one attached hydrogen (secondary N) is 1. The van der Waals surface area contributed by atoms with Gasteiger partial charge in [0.25, 0.3) is 6.43 Å². The SMILES string of the molecule is COc1ccc2nc(NCc3cc(C(F)F)nn3C)nc(N3C[C@H](F)C[C@@H](OC(C)(C)C)C3)c2c1.O=C(O)C(F)(F)F. The van der Waals surface area contributed by atoms with Crippen molar-refractivity contribution in [2.45, 2.75) is 64.2 Å². The van der Waals surface area contributed by atoms with E-state index in [1.807, 2.05) is 37.8 Å². The maximum Gasteiger partial charge on any atom is 0.490 e. The highest BCUT2D eigenvalue weighted by atomic mass is 19.4. The van der Waals surface area contributed by atoms with E-state index in [0.717, 1.165) is 5.39 Å². The lowest BCUT2D eigenvalue weighted by Gasteiger charge is -2.38. The zero-order chi connectivity index (χ0) is 31.4. The lowest BCUT2D eigenvalue weighted by Crippen LogP contribution is -2.48. The quantitative estimate of drug-likeness (QED) is 0.347. The predicted octanol–water partition coefficient (Wildman–Crippen LogP) is 5.29. The number of methoxy groups -OCH3 is 1. The minimum Gasteiger partial charge on any atom is -0.497 e. The van der Waals surface area contributed by atoms with E-state index in [1.54, 1.807) is 20.2 Å². The van der Waals surface area contributed by atoms with Crippen LogP contribution in [0.4, 0.5) is 38.1 Å². The molecule has 1 fully saturated rings. The highest BCUT2D eigenvalue weighted by Crippen LogP contribution is 2.32. The number of benzene rings is 1. The maximum absolute atomic E-state index is 14.8. The molecule has 0 bridgehead atoms. The standard InChI is InChI=1S/C24H31F3N6O2.C2HF3O2/c1-24(2,3)35-17-8-14(25)12-33(13-17)22-18-10-16(34-5)6-7-19(18)29-23(30-22)28-11-15-9-20(21(26)27)31-32(15)4;3-2(4,5)1(6)7/h6-7,9-10,14,17,21H,8,11-13H2,1-5H3,(H,28,29,30);(H,6,7)/t14-,17-;/m1./s1. The number of carbonyl (C=O) groups is 1. The van der Waals surface area contributed by atoms with Crippen LogP contribution < -0.4 is 15.0 Å². The molecule has 3 aromatic rings. The Morgan fingerprint density at radius 1 is 1.17 bits per heavy atom. The van der Waals surface area contributed by atoms with Gasteiger partial charge < -0.3 is 24.8 Å². The highest BCUT2D eigenvalue weighted by Gasteiger charge is 2.38. The smallest absolute Gasteiger partial charge is 0.490 e. The number of rotatable bonds is 7. The summed E-state index contributed by atoms with van der Waals surface area (Å²) in [5.74, 6) is -1.27. The molecule has 1 aliphatic rings. The van der Waals surface area contributed by atoms with Gasteiger partial charge in [-0.15, -0.1) is 0 Å². The van der Waals surface area contributed by atoms with Gasteiger partial charge in [-0.2, -0.15) is 23.3 Å². The molecule has 2 atom stereocenters. The summed E-state index contributed by atoms with van der Waals surface area (Å²) >= 11 is 0. The first-order chi connectivity index (χ1) is 19.5. The lowest BCUT2D eigenvalue weighted by atomic mass is 10.0. The Labute approximate surface area is 237 Å². The van der Waals surface area contributed by atoms with E-state index in [1.165, 1.54) is 10.7 Å². The third kappa shape index (κ3) is 8.84. The average molecular weight is 607 g/mol. The minimum absolute atomic E-state index is 0.173. The van der Waals surface area contributed by atoms with Gasteiger partial charge in [-0.05, 0) is 45.0 Å². The number of anilines is 2. The number of aromatic nitrogens is 4. The molecule has 10 nitrogen and oxygen atoms in total. The van der Waals surface area contributed by atoms with Crippen LogP contribution in [0.1, 0.15) is 45.0 Å². The largest absolute Gasteiger partial charge is 0.497 e. The molecule has 42 heavy (non-hydrogen) atoms. The molecule has 1 aromatic carbocycles. The molecule has 4 rings (SSSR count). The Morgan fingerprint density at radius 2 is 1.83 bits per heavy atom. The van der Waals surface area contributed by atoms with Crippen molar-refractivity contribution in [3.63, 3.8) is 0 Å². The normalized spacial score (nSPS) is 17.7.